The molecule has 0 fully saturated rings. The number of carbonyl (C=O) groups is 2. The first kappa shape index (κ1) is 14.7. The predicted octanol–water partition coefficient (Wildman–Crippen LogP) is 2.75. The third kappa shape index (κ3) is 3.45. The molecule has 0 saturated heterocycles. The largest absolute Gasteiger partial charge is 0.355 e. The van der Waals surface area contributed by atoms with Crippen LogP contribution in [0.5, 0.6) is 0 Å². The van der Waals surface area contributed by atoms with Crippen molar-refractivity contribution in [1.29, 1.82) is 0 Å². The number of halogens is 1. The predicted molar refractivity (Wildman–Crippen MR) is 78.9 cm³/mol. The average Bonchev–Trinajstić information content (AvgIpc) is 2.50. The monoisotopic (exact) mass is 286 g/mol. The molecule has 2 aromatic rings. The van der Waals surface area contributed by atoms with E-state index >= 15 is 0 Å². The van der Waals surface area contributed by atoms with E-state index in [1.165, 1.54) is 6.07 Å². The number of amides is 2. The van der Waals surface area contributed by atoms with Crippen molar-refractivity contribution in [2.75, 3.05) is 12.4 Å². The van der Waals surface area contributed by atoms with Gasteiger partial charge in [0, 0.05) is 23.9 Å². The minimum Gasteiger partial charge on any atom is -0.355 e. The van der Waals surface area contributed by atoms with E-state index in [9.17, 15) is 14.0 Å². The Hall–Kier alpha value is -2.69. The van der Waals surface area contributed by atoms with E-state index in [-0.39, 0.29) is 11.5 Å². The minimum atomic E-state index is -0.419. The minimum absolute atomic E-state index is 0.200. The maximum absolute atomic E-state index is 13.4. The fourth-order valence-electron chi connectivity index (χ4n) is 1.79. The van der Waals surface area contributed by atoms with Gasteiger partial charge in [0.25, 0.3) is 11.8 Å². The second-order valence-corrected chi connectivity index (χ2v) is 4.57. The van der Waals surface area contributed by atoms with E-state index in [0.29, 0.717) is 16.8 Å². The normalized spacial score (nSPS) is 10.0. The fraction of sp³-hybridized carbons (Fsp3) is 0.125. The number of anilines is 1. The molecular formula is C16H15FN2O2. The second kappa shape index (κ2) is 6.17. The molecule has 2 aromatic carbocycles. The molecule has 0 aromatic heterocycles. The lowest BCUT2D eigenvalue weighted by atomic mass is 10.1. The van der Waals surface area contributed by atoms with Crippen LogP contribution in [0.2, 0.25) is 0 Å². The smallest absolute Gasteiger partial charge is 0.255 e. The van der Waals surface area contributed by atoms with E-state index in [0.717, 1.165) is 0 Å². The van der Waals surface area contributed by atoms with Crippen molar-refractivity contribution < 1.29 is 14.0 Å². The molecule has 0 spiro atoms. The molecule has 0 saturated carbocycles. The highest BCUT2D eigenvalue weighted by atomic mass is 19.1. The van der Waals surface area contributed by atoms with Crippen molar-refractivity contribution in [3.63, 3.8) is 0 Å². The maximum Gasteiger partial charge on any atom is 0.255 e. The van der Waals surface area contributed by atoms with Gasteiger partial charge >= 0.3 is 0 Å². The lowest BCUT2D eigenvalue weighted by molar-refractivity contribution is 0.0962. The Morgan fingerprint density at radius 1 is 0.952 bits per heavy atom. The van der Waals surface area contributed by atoms with Crippen LogP contribution in [-0.4, -0.2) is 18.9 Å². The lowest BCUT2D eigenvalue weighted by Crippen LogP contribution is -2.18. The number of hydrogen-bond donors (Lipinski definition) is 2. The third-order valence-corrected chi connectivity index (χ3v) is 3.07. The second-order valence-electron chi connectivity index (χ2n) is 4.57. The van der Waals surface area contributed by atoms with Gasteiger partial charge in [-0.1, -0.05) is 6.07 Å². The van der Waals surface area contributed by atoms with Gasteiger partial charge in [-0.2, -0.15) is 0 Å². The SMILES string of the molecule is CNC(=O)c1ccc(NC(=O)c2ccc(C)c(F)c2)cc1. The number of hydrogen-bond acceptors (Lipinski definition) is 2. The van der Waals surface area contributed by atoms with Gasteiger partial charge in [0.2, 0.25) is 0 Å². The van der Waals surface area contributed by atoms with Gasteiger partial charge in [-0.25, -0.2) is 4.39 Å². The van der Waals surface area contributed by atoms with Crippen LogP contribution < -0.4 is 10.6 Å². The third-order valence-electron chi connectivity index (χ3n) is 3.07. The first-order chi connectivity index (χ1) is 10.0. The molecule has 4 nitrogen and oxygen atoms in total. The summed E-state index contributed by atoms with van der Waals surface area (Å²) in [5, 5.41) is 5.16. The molecule has 0 aliphatic rings. The number of carbonyl (C=O) groups excluding carboxylic acids is 2. The summed E-state index contributed by atoms with van der Waals surface area (Å²) < 4.78 is 13.4. The molecule has 0 unspecified atom stereocenters. The summed E-state index contributed by atoms with van der Waals surface area (Å²) >= 11 is 0. The summed E-state index contributed by atoms with van der Waals surface area (Å²) in [6.45, 7) is 1.63. The van der Waals surface area contributed by atoms with E-state index in [1.54, 1.807) is 50.4 Å². The van der Waals surface area contributed by atoms with Crippen LogP contribution in [0.1, 0.15) is 26.3 Å². The molecule has 21 heavy (non-hydrogen) atoms. The van der Waals surface area contributed by atoms with E-state index in [2.05, 4.69) is 10.6 Å². The van der Waals surface area contributed by atoms with Gasteiger partial charge in [0.15, 0.2) is 0 Å². The van der Waals surface area contributed by atoms with Crippen molar-refractivity contribution in [2.45, 2.75) is 6.92 Å². The summed E-state index contributed by atoms with van der Waals surface area (Å²) in [7, 11) is 1.55. The van der Waals surface area contributed by atoms with Gasteiger partial charge in [-0.15, -0.1) is 0 Å². The van der Waals surface area contributed by atoms with Gasteiger partial charge in [-0.05, 0) is 48.9 Å². The number of aryl methyl sites for hydroxylation is 1. The Labute approximate surface area is 122 Å². The Morgan fingerprint density at radius 2 is 1.57 bits per heavy atom. The molecule has 108 valence electrons. The van der Waals surface area contributed by atoms with Crippen LogP contribution in [-0.2, 0) is 0 Å². The molecule has 2 amide bonds. The van der Waals surface area contributed by atoms with Crippen molar-refractivity contribution in [3.8, 4) is 0 Å². The first-order valence-electron chi connectivity index (χ1n) is 6.41. The van der Waals surface area contributed by atoms with Gasteiger partial charge < -0.3 is 10.6 Å². The summed E-state index contributed by atoms with van der Waals surface area (Å²) in [6, 6.07) is 10.8. The van der Waals surface area contributed by atoms with Crippen LogP contribution in [0.4, 0.5) is 10.1 Å². The quantitative estimate of drug-likeness (QED) is 0.911. The summed E-state index contributed by atoms with van der Waals surface area (Å²) in [4.78, 5) is 23.4. The molecule has 2 N–H and O–H groups in total. The van der Waals surface area contributed by atoms with Gasteiger partial charge in [-0.3, -0.25) is 9.59 Å². The molecule has 0 aliphatic heterocycles. The zero-order valence-electron chi connectivity index (χ0n) is 11.7. The highest BCUT2D eigenvalue weighted by molar-refractivity contribution is 6.04. The summed E-state index contributed by atoms with van der Waals surface area (Å²) in [5.74, 6) is -1.02. The van der Waals surface area contributed by atoms with Crippen LogP contribution in [0, 0.1) is 12.7 Å². The molecular weight excluding hydrogens is 271 g/mol. The fourth-order valence-corrected chi connectivity index (χ4v) is 1.79. The average molecular weight is 286 g/mol. The molecule has 0 radical (unpaired) electrons. The van der Waals surface area contributed by atoms with Gasteiger partial charge in [0.05, 0.1) is 0 Å². The van der Waals surface area contributed by atoms with Crippen LogP contribution in [0.3, 0.4) is 0 Å². The topological polar surface area (TPSA) is 58.2 Å². The molecule has 2 rings (SSSR count). The Bertz CT molecular complexity index is 681. The number of benzene rings is 2. The Morgan fingerprint density at radius 3 is 2.14 bits per heavy atom. The van der Waals surface area contributed by atoms with Crippen LogP contribution in [0.25, 0.3) is 0 Å². The van der Waals surface area contributed by atoms with Crippen molar-refractivity contribution in [3.05, 3.63) is 65.0 Å². The standard InChI is InChI=1S/C16H15FN2O2/c1-10-3-4-12(9-14(10)17)16(21)19-13-7-5-11(6-8-13)15(20)18-2/h3-9H,1-2H3,(H,18,20)(H,19,21). The zero-order valence-corrected chi connectivity index (χ0v) is 11.7. The number of nitrogens with one attached hydrogen (secondary N) is 2. The van der Waals surface area contributed by atoms with Gasteiger partial charge in [0.1, 0.15) is 5.82 Å². The zero-order chi connectivity index (χ0) is 15.4. The molecule has 0 aliphatic carbocycles. The van der Waals surface area contributed by atoms with E-state index < -0.39 is 11.7 Å². The number of rotatable bonds is 3. The van der Waals surface area contributed by atoms with E-state index in [1.807, 2.05) is 0 Å². The Kier molecular flexibility index (Phi) is 4.33. The molecule has 5 heteroatoms. The molecule has 0 heterocycles. The summed E-state index contributed by atoms with van der Waals surface area (Å²) in [6.07, 6.45) is 0. The Balaban J connectivity index is 2.12. The van der Waals surface area contributed by atoms with E-state index in [4.69, 9.17) is 0 Å². The highest BCUT2D eigenvalue weighted by Crippen LogP contribution is 2.13. The van der Waals surface area contributed by atoms with Crippen LogP contribution in [0.15, 0.2) is 42.5 Å². The van der Waals surface area contributed by atoms with Crippen molar-refractivity contribution in [2.24, 2.45) is 0 Å². The highest BCUT2D eigenvalue weighted by Gasteiger charge is 2.09. The first-order valence-corrected chi connectivity index (χ1v) is 6.41. The molecule has 0 atom stereocenters. The maximum atomic E-state index is 13.4. The van der Waals surface area contributed by atoms with Crippen LogP contribution >= 0.6 is 0 Å². The lowest BCUT2D eigenvalue weighted by Gasteiger charge is -2.07. The molecule has 0 bridgehead atoms. The van der Waals surface area contributed by atoms with Crippen molar-refractivity contribution >= 4 is 17.5 Å². The van der Waals surface area contributed by atoms with Crippen molar-refractivity contribution in [1.82, 2.24) is 5.32 Å². The summed E-state index contributed by atoms with van der Waals surface area (Å²) in [5.41, 5.74) is 1.76.